The summed E-state index contributed by atoms with van der Waals surface area (Å²) in [6.45, 7) is 5.67. The van der Waals surface area contributed by atoms with Gasteiger partial charge >= 0.3 is 0 Å². The Hall–Kier alpha value is -0.0300. The fourth-order valence-electron chi connectivity index (χ4n) is 0.495. The fourth-order valence-corrected chi connectivity index (χ4v) is 1.15. The van der Waals surface area contributed by atoms with E-state index in [2.05, 4.69) is 6.92 Å². The molecule has 0 amide bonds. The van der Waals surface area contributed by atoms with E-state index in [0.29, 0.717) is 0 Å². The number of rotatable bonds is 3. The molecule has 0 aliphatic rings. The summed E-state index contributed by atoms with van der Waals surface area (Å²) >= 11 is 0. The molecular formula is C7H15OP. The second-order valence-corrected chi connectivity index (χ2v) is 5.77. The molecular weight excluding hydrogens is 131 g/mol. The van der Waals surface area contributed by atoms with Crippen LogP contribution in [0.5, 0.6) is 0 Å². The average Bonchev–Trinajstić information content (AvgIpc) is 1.63. The van der Waals surface area contributed by atoms with Crippen LogP contribution in [0.2, 0.25) is 0 Å². The van der Waals surface area contributed by atoms with Gasteiger partial charge in [0, 0.05) is 0 Å². The molecule has 0 saturated heterocycles. The van der Waals surface area contributed by atoms with Gasteiger partial charge in [0.15, 0.2) is 0 Å². The number of unbranched alkanes of at least 4 members (excludes halogenated alkanes) is 1. The Bertz CT molecular complexity index is 132. The summed E-state index contributed by atoms with van der Waals surface area (Å²) in [5.41, 5.74) is 0. The Morgan fingerprint density at radius 2 is 2.00 bits per heavy atom. The first-order valence-corrected chi connectivity index (χ1v) is 5.95. The molecule has 1 nitrogen and oxygen atoms in total. The van der Waals surface area contributed by atoms with Crippen LogP contribution in [0.15, 0.2) is 11.9 Å². The maximum atomic E-state index is 11.0. The van der Waals surface area contributed by atoms with Crippen LogP contribution < -0.4 is 0 Å². The minimum Gasteiger partial charge on any atom is -0.320 e. The number of allylic oxidation sites excluding steroid dienone is 1. The van der Waals surface area contributed by atoms with E-state index in [-0.39, 0.29) is 0 Å². The molecule has 9 heavy (non-hydrogen) atoms. The predicted octanol–water partition coefficient (Wildman–Crippen LogP) is 2.92. The second-order valence-electron chi connectivity index (χ2n) is 2.61. The fraction of sp³-hybridized carbons (Fsp3) is 0.714. The monoisotopic (exact) mass is 146 g/mol. The summed E-state index contributed by atoms with van der Waals surface area (Å²) < 4.78 is 11.0. The molecule has 0 atom stereocenters. The summed E-state index contributed by atoms with van der Waals surface area (Å²) in [5, 5.41) is 0. The van der Waals surface area contributed by atoms with Crippen LogP contribution in [0.4, 0.5) is 0 Å². The highest BCUT2D eigenvalue weighted by molar-refractivity contribution is 7.65. The topological polar surface area (TPSA) is 17.1 Å². The third kappa shape index (κ3) is 7.97. The van der Waals surface area contributed by atoms with E-state index in [1.165, 1.54) is 0 Å². The third-order valence-corrected chi connectivity index (χ3v) is 1.85. The van der Waals surface area contributed by atoms with Crippen LogP contribution in [-0.4, -0.2) is 13.3 Å². The third-order valence-electron chi connectivity index (χ3n) is 0.920. The van der Waals surface area contributed by atoms with Gasteiger partial charge in [-0.1, -0.05) is 19.4 Å². The van der Waals surface area contributed by atoms with E-state index in [0.717, 1.165) is 12.8 Å². The van der Waals surface area contributed by atoms with Crippen LogP contribution in [0.25, 0.3) is 0 Å². The van der Waals surface area contributed by atoms with Crippen LogP contribution >= 0.6 is 7.14 Å². The first kappa shape index (κ1) is 8.97. The zero-order valence-corrected chi connectivity index (χ0v) is 7.32. The van der Waals surface area contributed by atoms with Crippen molar-refractivity contribution in [3.63, 3.8) is 0 Å². The van der Waals surface area contributed by atoms with Gasteiger partial charge in [-0.2, -0.15) is 0 Å². The lowest BCUT2D eigenvalue weighted by Crippen LogP contribution is -1.66. The van der Waals surface area contributed by atoms with Crippen molar-refractivity contribution >= 4 is 7.14 Å². The molecule has 0 aliphatic carbocycles. The number of hydrogen-bond donors (Lipinski definition) is 0. The van der Waals surface area contributed by atoms with Gasteiger partial charge < -0.3 is 4.57 Å². The zero-order valence-electron chi connectivity index (χ0n) is 6.42. The first-order chi connectivity index (χ1) is 4.06. The molecule has 0 bridgehead atoms. The molecule has 0 spiro atoms. The van der Waals surface area contributed by atoms with Crippen molar-refractivity contribution < 1.29 is 4.57 Å². The highest BCUT2D eigenvalue weighted by atomic mass is 31.2. The summed E-state index contributed by atoms with van der Waals surface area (Å²) in [5.74, 6) is 1.83. The van der Waals surface area contributed by atoms with Gasteiger partial charge in [0.25, 0.3) is 0 Å². The highest BCUT2D eigenvalue weighted by Gasteiger charge is 1.96. The van der Waals surface area contributed by atoms with Gasteiger partial charge in [0.2, 0.25) is 0 Å². The van der Waals surface area contributed by atoms with Crippen LogP contribution in [0.1, 0.15) is 19.8 Å². The minimum absolute atomic E-state index is 1.05. The normalized spacial score (nSPS) is 12.8. The van der Waals surface area contributed by atoms with Gasteiger partial charge in [-0.05, 0) is 25.6 Å². The lowest BCUT2D eigenvalue weighted by atomic mass is 10.3. The van der Waals surface area contributed by atoms with E-state index >= 15 is 0 Å². The summed E-state index contributed by atoms with van der Waals surface area (Å²) in [4.78, 5) is 0. The Kier molecular flexibility index (Phi) is 3.88. The Balaban J connectivity index is 3.58. The van der Waals surface area contributed by atoms with Crippen molar-refractivity contribution in [3.8, 4) is 0 Å². The molecule has 0 rings (SSSR count). The molecule has 0 aromatic heterocycles. The molecule has 0 aromatic rings. The average molecular weight is 146 g/mol. The summed E-state index contributed by atoms with van der Waals surface area (Å²) in [6, 6.07) is 0. The molecule has 0 fully saturated rings. The maximum Gasteiger partial charge on any atom is 0.102 e. The van der Waals surface area contributed by atoms with E-state index in [4.69, 9.17) is 0 Å². The predicted molar refractivity (Wildman–Crippen MR) is 43.5 cm³/mol. The maximum absolute atomic E-state index is 11.0. The standard InChI is InChI=1S/C7H15OP/c1-4-5-6-7-9(2,3)8/h6-7H,4-5H2,1-3H3. The van der Waals surface area contributed by atoms with Gasteiger partial charge in [0.05, 0.1) is 0 Å². The summed E-state index contributed by atoms with van der Waals surface area (Å²) in [6.07, 6.45) is 4.18. The van der Waals surface area contributed by atoms with Gasteiger partial charge in [-0.15, -0.1) is 0 Å². The Morgan fingerprint density at radius 1 is 1.44 bits per heavy atom. The van der Waals surface area contributed by atoms with E-state index in [1.54, 1.807) is 13.3 Å². The molecule has 0 unspecified atom stereocenters. The molecule has 0 saturated carbocycles. The van der Waals surface area contributed by atoms with Gasteiger partial charge in [0.1, 0.15) is 7.14 Å². The van der Waals surface area contributed by atoms with Crippen molar-refractivity contribution in [2.75, 3.05) is 13.3 Å². The van der Waals surface area contributed by atoms with E-state index < -0.39 is 7.14 Å². The molecule has 0 N–H and O–H groups in total. The van der Waals surface area contributed by atoms with Gasteiger partial charge in [-0.25, -0.2) is 0 Å². The Labute approximate surface area is 57.5 Å². The highest BCUT2D eigenvalue weighted by Crippen LogP contribution is 2.37. The van der Waals surface area contributed by atoms with Crippen LogP contribution in [0.3, 0.4) is 0 Å². The molecule has 0 aromatic carbocycles. The SMILES string of the molecule is CCCC=CP(C)(C)=O. The van der Waals surface area contributed by atoms with Crippen LogP contribution in [-0.2, 0) is 4.57 Å². The van der Waals surface area contributed by atoms with Crippen molar-refractivity contribution in [1.29, 1.82) is 0 Å². The largest absolute Gasteiger partial charge is 0.320 e. The summed E-state index contributed by atoms with van der Waals surface area (Å²) in [7, 11) is -1.88. The molecule has 0 heterocycles. The Morgan fingerprint density at radius 3 is 2.33 bits per heavy atom. The first-order valence-electron chi connectivity index (χ1n) is 3.28. The van der Waals surface area contributed by atoms with Crippen molar-refractivity contribution in [1.82, 2.24) is 0 Å². The quantitative estimate of drug-likeness (QED) is 0.559. The lowest BCUT2D eigenvalue weighted by Gasteiger charge is -1.94. The van der Waals surface area contributed by atoms with Crippen LogP contribution in [0, 0.1) is 0 Å². The van der Waals surface area contributed by atoms with E-state index in [1.807, 2.05) is 11.9 Å². The van der Waals surface area contributed by atoms with Crippen molar-refractivity contribution in [3.05, 3.63) is 11.9 Å². The molecule has 2 heteroatoms. The molecule has 0 aliphatic heterocycles. The lowest BCUT2D eigenvalue weighted by molar-refractivity contribution is 0.588. The smallest absolute Gasteiger partial charge is 0.102 e. The van der Waals surface area contributed by atoms with Crippen molar-refractivity contribution in [2.45, 2.75) is 19.8 Å². The van der Waals surface area contributed by atoms with Gasteiger partial charge in [-0.3, -0.25) is 0 Å². The molecule has 0 radical (unpaired) electrons. The second kappa shape index (κ2) is 3.90. The van der Waals surface area contributed by atoms with Crippen molar-refractivity contribution in [2.24, 2.45) is 0 Å². The number of hydrogen-bond acceptors (Lipinski definition) is 1. The molecule has 54 valence electrons. The minimum atomic E-state index is -1.88. The zero-order chi connectivity index (χ0) is 7.33. The van der Waals surface area contributed by atoms with E-state index in [9.17, 15) is 4.57 Å².